The Kier molecular flexibility index (Phi) is 10.7. The normalized spacial score (nSPS) is 29.3. The number of aliphatic hydroxyl groups is 3. The van der Waals surface area contributed by atoms with E-state index < -0.39 is 24.4 Å². The predicted molar refractivity (Wildman–Crippen MR) is 85.7 cm³/mol. The molecule has 5 nitrogen and oxygen atoms in total. The molecule has 0 unspecified atom stereocenters. The largest absolute Gasteiger partial charge is 0.394 e. The molecule has 130 valence electrons. The van der Waals surface area contributed by atoms with Crippen LogP contribution in [-0.4, -0.2) is 59.6 Å². The number of rotatable bonds is 11. The van der Waals surface area contributed by atoms with Gasteiger partial charge in [0.25, 0.3) is 0 Å². The molecule has 0 aliphatic carbocycles. The minimum absolute atomic E-state index is 0.189. The van der Waals surface area contributed by atoms with Gasteiger partial charge in [-0.15, -0.1) is 0 Å². The average molecular weight is 316 g/mol. The first-order valence-electron chi connectivity index (χ1n) is 8.55. The molecule has 3 N–H and O–H groups in total. The minimum atomic E-state index is -1.10. The van der Waals surface area contributed by atoms with E-state index >= 15 is 0 Å². The summed E-state index contributed by atoms with van der Waals surface area (Å²) < 4.78 is 10.8. The Labute approximate surface area is 133 Å². The molecule has 0 saturated carbocycles. The van der Waals surface area contributed by atoms with Crippen molar-refractivity contribution in [1.29, 1.82) is 0 Å². The quantitative estimate of drug-likeness (QED) is 0.400. The molecule has 1 aliphatic heterocycles. The Morgan fingerprint density at radius 1 is 1.05 bits per heavy atom. The number of allylic oxidation sites excluding steroid dienone is 1. The summed E-state index contributed by atoms with van der Waals surface area (Å²) in [4.78, 5) is 0. The van der Waals surface area contributed by atoms with Gasteiger partial charge in [-0.25, -0.2) is 0 Å². The predicted octanol–water partition coefficient (Wildman–Crippen LogP) is 1.79. The zero-order chi connectivity index (χ0) is 16.2. The van der Waals surface area contributed by atoms with Crippen LogP contribution in [0.1, 0.15) is 51.9 Å². The van der Waals surface area contributed by atoms with Crippen LogP contribution in [0.2, 0.25) is 0 Å². The molecule has 5 heteroatoms. The molecule has 0 spiro atoms. The van der Waals surface area contributed by atoms with Crippen molar-refractivity contribution in [3.63, 3.8) is 0 Å². The van der Waals surface area contributed by atoms with Crippen molar-refractivity contribution in [1.82, 2.24) is 0 Å². The maximum absolute atomic E-state index is 9.89. The van der Waals surface area contributed by atoms with Gasteiger partial charge in [-0.3, -0.25) is 0 Å². The van der Waals surface area contributed by atoms with E-state index in [4.69, 9.17) is 14.6 Å². The van der Waals surface area contributed by atoms with E-state index in [2.05, 4.69) is 13.0 Å². The van der Waals surface area contributed by atoms with Crippen LogP contribution >= 0.6 is 0 Å². The minimum Gasteiger partial charge on any atom is -0.394 e. The van der Waals surface area contributed by atoms with Gasteiger partial charge in [0, 0.05) is 0 Å². The summed E-state index contributed by atoms with van der Waals surface area (Å²) in [5, 5.41) is 28.6. The van der Waals surface area contributed by atoms with Crippen molar-refractivity contribution >= 4 is 0 Å². The molecule has 1 rings (SSSR count). The number of hydrogen-bond acceptors (Lipinski definition) is 5. The number of unbranched alkanes of at least 4 members (excludes halogenated alkanes) is 6. The van der Waals surface area contributed by atoms with Crippen molar-refractivity contribution < 1.29 is 24.8 Å². The van der Waals surface area contributed by atoms with E-state index in [0.717, 1.165) is 6.42 Å². The Morgan fingerprint density at radius 3 is 2.50 bits per heavy atom. The SMILES string of the molecule is CCCCCCCC/C=C/CO[C@@H]1CO[C@@H](CO)[C@H](O)[C@H]1O. The van der Waals surface area contributed by atoms with E-state index in [9.17, 15) is 10.2 Å². The standard InChI is InChI=1S/C17H32O5/c1-2-3-4-5-6-7-8-9-10-11-21-15-13-22-14(12-18)16(19)17(15)20/h9-10,14-20H,2-8,11-13H2,1H3/b10-9+/t14-,15+,16-,17-/m0/s1. The molecule has 0 aromatic rings. The van der Waals surface area contributed by atoms with Crippen LogP contribution in [0, 0.1) is 0 Å². The molecule has 1 heterocycles. The van der Waals surface area contributed by atoms with Crippen molar-refractivity contribution in [2.45, 2.75) is 76.3 Å². The molecule has 22 heavy (non-hydrogen) atoms. The third-order valence-corrected chi connectivity index (χ3v) is 4.06. The summed E-state index contributed by atoms with van der Waals surface area (Å²) in [6.45, 7) is 2.51. The van der Waals surface area contributed by atoms with Gasteiger partial charge >= 0.3 is 0 Å². The summed E-state index contributed by atoms with van der Waals surface area (Å²) in [7, 11) is 0. The molecule has 0 aromatic carbocycles. The number of hydrogen-bond donors (Lipinski definition) is 3. The van der Waals surface area contributed by atoms with Gasteiger partial charge in [0.05, 0.1) is 19.8 Å². The Bertz CT molecular complexity index is 295. The van der Waals surface area contributed by atoms with Gasteiger partial charge in [0.1, 0.15) is 24.4 Å². The van der Waals surface area contributed by atoms with E-state index in [-0.39, 0.29) is 13.2 Å². The third-order valence-electron chi connectivity index (χ3n) is 4.06. The van der Waals surface area contributed by atoms with Gasteiger partial charge in [-0.1, -0.05) is 51.2 Å². The van der Waals surface area contributed by atoms with Crippen LogP contribution in [0.3, 0.4) is 0 Å². The summed E-state index contributed by atoms with van der Waals surface area (Å²) >= 11 is 0. The summed E-state index contributed by atoms with van der Waals surface area (Å²) in [5.41, 5.74) is 0. The summed E-state index contributed by atoms with van der Waals surface area (Å²) in [6, 6.07) is 0. The van der Waals surface area contributed by atoms with E-state index in [1.807, 2.05) is 6.08 Å². The highest BCUT2D eigenvalue weighted by Gasteiger charge is 2.38. The maximum Gasteiger partial charge on any atom is 0.111 e. The molecule has 0 aromatic heterocycles. The molecular formula is C17H32O5. The van der Waals surface area contributed by atoms with Crippen molar-refractivity contribution in [3.05, 3.63) is 12.2 Å². The van der Waals surface area contributed by atoms with Crippen molar-refractivity contribution in [2.24, 2.45) is 0 Å². The first kappa shape index (κ1) is 19.6. The first-order valence-corrected chi connectivity index (χ1v) is 8.55. The van der Waals surface area contributed by atoms with Crippen molar-refractivity contribution in [3.8, 4) is 0 Å². The Hall–Kier alpha value is -0.460. The maximum atomic E-state index is 9.89. The lowest BCUT2D eigenvalue weighted by Crippen LogP contribution is -2.54. The molecule has 1 saturated heterocycles. The van der Waals surface area contributed by atoms with Gasteiger partial charge < -0.3 is 24.8 Å². The Morgan fingerprint density at radius 2 is 1.77 bits per heavy atom. The second kappa shape index (κ2) is 12.0. The molecule has 0 amide bonds. The second-order valence-corrected chi connectivity index (χ2v) is 5.94. The summed E-state index contributed by atoms with van der Waals surface area (Å²) in [6.07, 6.45) is 9.44. The molecule has 0 bridgehead atoms. The van der Waals surface area contributed by atoms with E-state index in [1.165, 1.54) is 38.5 Å². The molecule has 1 fully saturated rings. The highest BCUT2D eigenvalue weighted by molar-refractivity contribution is 4.89. The fraction of sp³-hybridized carbons (Fsp3) is 0.882. The monoisotopic (exact) mass is 316 g/mol. The number of ether oxygens (including phenoxy) is 2. The van der Waals surface area contributed by atoms with Crippen LogP contribution in [0.25, 0.3) is 0 Å². The Balaban J connectivity index is 2.05. The molecule has 1 aliphatic rings. The van der Waals surface area contributed by atoms with Crippen LogP contribution in [0.5, 0.6) is 0 Å². The zero-order valence-electron chi connectivity index (χ0n) is 13.7. The van der Waals surface area contributed by atoms with Crippen LogP contribution in [-0.2, 0) is 9.47 Å². The topological polar surface area (TPSA) is 79.2 Å². The average Bonchev–Trinajstić information content (AvgIpc) is 2.53. The van der Waals surface area contributed by atoms with Crippen molar-refractivity contribution in [2.75, 3.05) is 19.8 Å². The zero-order valence-corrected chi connectivity index (χ0v) is 13.7. The lowest BCUT2D eigenvalue weighted by Gasteiger charge is -2.36. The van der Waals surface area contributed by atoms with Gasteiger partial charge in [-0.05, 0) is 12.8 Å². The third kappa shape index (κ3) is 7.20. The fourth-order valence-corrected chi connectivity index (χ4v) is 2.57. The summed E-state index contributed by atoms with van der Waals surface area (Å²) in [5.74, 6) is 0. The fourth-order valence-electron chi connectivity index (χ4n) is 2.57. The first-order chi connectivity index (χ1) is 10.7. The lowest BCUT2D eigenvalue weighted by molar-refractivity contribution is -0.205. The lowest BCUT2D eigenvalue weighted by atomic mass is 10.0. The van der Waals surface area contributed by atoms with Gasteiger partial charge in [0.2, 0.25) is 0 Å². The van der Waals surface area contributed by atoms with E-state index in [0.29, 0.717) is 6.61 Å². The number of aliphatic hydroxyl groups excluding tert-OH is 3. The molecule has 0 radical (unpaired) electrons. The van der Waals surface area contributed by atoms with Gasteiger partial charge in [0.15, 0.2) is 0 Å². The smallest absolute Gasteiger partial charge is 0.111 e. The molecule has 4 atom stereocenters. The second-order valence-electron chi connectivity index (χ2n) is 5.94. The van der Waals surface area contributed by atoms with Crippen LogP contribution in [0.4, 0.5) is 0 Å². The van der Waals surface area contributed by atoms with E-state index in [1.54, 1.807) is 0 Å². The highest BCUT2D eigenvalue weighted by Crippen LogP contribution is 2.17. The van der Waals surface area contributed by atoms with Gasteiger partial charge in [-0.2, -0.15) is 0 Å². The highest BCUT2D eigenvalue weighted by atomic mass is 16.6. The molecular weight excluding hydrogens is 284 g/mol. The van der Waals surface area contributed by atoms with Crippen LogP contribution in [0.15, 0.2) is 12.2 Å². The van der Waals surface area contributed by atoms with Crippen LogP contribution < -0.4 is 0 Å².